The number of fused-ring (bicyclic) bond motifs is 1. The number of ether oxygens (including phenoxy) is 1. The predicted octanol–water partition coefficient (Wildman–Crippen LogP) is 5.92. The molecule has 46 heavy (non-hydrogen) atoms. The van der Waals surface area contributed by atoms with Crippen LogP contribution in [0.15, 0.2) is 90.8 Å². The van der Waals surface area contributed by atoms with Gasteiger partial charge in [0, 0.05) is 42.5 Å². The monoisotopic (exact) mass is 625 g/mol. The maximum atomic E-state index is 13.4. The van der Waals surface area contributed by atoms with Crippen molar-refractivity contribution in [2.75, 3.05) is 31.6 Å². The fourth-order valence-electron chi connectivity index (χ4n) is 5.25. The van der Waals surface area contributed by atoms with E-state index in [-0.39, 0.29) is 30.4 Å². The smallest absolute Gasteiger partial charge is 0.262 e. The first-order valence-electron chi connectivity index (χ1n) is 16.2. The first kappa shape index (κ1) is 34.2. The number of anilines is 1. The molecule has 5 rings (SSSR count). The van der Waals surface area contributed by atoms with E-state index in [1.807, 2.05) is 36.1 Å². The zero-order chi connectivity index (χ0) is 33.1. The Labute approximate surface area is 272 Å². The van der Waals surface area contributed by atoms with E-state index in [2.05, 4.69) is 35.6 Å². The summed E-state index contributed by atoms with van der Waals surface area (Å²) in [6.07, 6.45) is 12.7. The van der Waals surface area contributed by atoms with E-state index >= 15 is 0 Å². The number of allylic oxidation sites excluding steroid dienone is 2. The van der Waals surface area contributed by atoms with E-state index in [0.29, 0.717) is 34.8 Å². The van der Waals surface area contributed by atoms with E-state index in [1.54, 1.807) is 36.5 Å². The van der Waals surface area contributed by atoms with Gasteiger partial charge in [0.1, 0.15) is 5.75 Å². The van der Waals surface area contributed by atoms with Gasteiger partial charge in [0.15, 0.2) is 6.61 Å². The third kappa shape index (κ3) is 9.44. The van der Waals surface area contributed by atoms with E-state index in [9.17, 15) is 14.4 Å². The minimum atomic E-state index is -0.211. The highest BCUT2D eigenvalue weighted by Gasteiger charge is 2.33. The van der Waals surface area contributed by atoms with E-state index in [4.69, 9.17) is 10.5 Å². The van der Waals surface area contributed by atoms with Crippen molar-refractivity contribution >= 4 is 23.4 Å². The summed E-state index contributed by atoms with van der Waals surface area (Å²) in [6, 6.07) is 12.6. The summed E-state index contributed by atoms with van der Waals surface area (Å²) in [7, 11) is 0. The standard InChI is InChI=1S/C31H32N4O4.C6H15N/c1-4-25(14-24-18-34(5-2)16-20(24)3)32-30(37)22-8-6-21(7-9-22)17-35(26-11-12-26)31(38)23-10-13-27-28(15-23)39-19-29(36)33-27;1-2-3-4-5-6-7/h4-10,13-15,26H,2-3,11-12,16-19H2,1H3,(H,32,37)(H,33,36);2-7H2,1H3/b24-14-,25-4+;. The molecule has 0 spiro atoms. The largest absolute Gasteiger partial charge is 0.482 e. The Bertz CT molecular complexity index is 1490. The topological polar surface area (TPSA) is 117 Å². The van der Waals surface area contributed by atoms with Crippen molar-refractivity contribution in [3.8, 4) is 5.75 Å². The van der Waals surface area contributed by atoms with Crippen LogP contribution in [0.5, 0.6) is 5.75 Å². The van der Waals surface area contributed by atoms with Crippen molar-refractivity contribution in [3.63, 3.8) is 0 Å². The van der Waals surface area contributed by atoms with Gasteiger partial charge < -0.3 is 30.9 Å². The van der Waals surface area contributed by atoms with Crippen LogP contribution in [0.2, 0.25) is 0 Å². The summed E-state index contributed by atoms with van der Waals surface area (Å²) in [5.41, 5.74) is 10.6. The van der Waals surface area contributed by atoms with Gasteiger partial charge in [0.25, 0.3) is 17.7 Å². The first-order chi connectivity index (χ1) is 22.3. The third-order valence-electron chi connectivity index (χ3n) is 8.11. The Morgan fingerprint density at radius 3 is 2.48 bits per heavy atom. The zero-order valence-electron chi connectivity index (χ0n) is 27.1. The maximum Gasteiger partial charge on any atom is 0.262 e. The molecule has 0 unspecified atom stereocenters. The van der Waals surface area contributed by atoms with Gasteiger partial charge >= 0.3 is 0 Å². The molecule has 9 nitrogen and oxygen atoms in total. The predicted molar refractivity (Wildman–Crippen MR) is 183 cm³/mol. The second-order valence-electron chi connectivity index (χ2n) is 11.8. The Morgan fingerprint density at radius 1 is 1.11 bits per heavy atom. The summed E-state index contributed by atoms with van der Waals surface area (Å²) >= 11 is 0. The number of hydrogen-bond donors (Lipinski definition) is 3. The van der Waals surface area contributed by atoms with Crippen molar-refractivity contribution in [3.05, 3.63) is 108 Å². The molecule has 2 aliphatic heterocycles. The Morgan fingerprint density at radius 2 is 1.85 bits per heavy atom. The van der Waals surface area contributed by atoms with Crippen LogP contribution in [0.25, 0.3) is 0 Å². The molecular weight excluding hydrogens is 578 g/mol. The van der Waals surface area contributed by atoms with Crippen LogP contribution in [0.4, 0.5) is 5.69 Å². The number of benzene rings is 2. The van der Waals surface area contributed by atoms with Crippen LogP contribution in [0.3, 0.4) is 0 Å². The van der Waals surface area contributed by atoms with Crippen molar-refractivity contribution in [1.29, 1.82) is 0 Å². The van der Waals surface area contributed by atoms with Crippen LogP contribution in [0, 0.1) is 0 Å². The summed E-state index contributed by atoms with van der Waals surface area (Å²) < 4.78 is 5.49. The fraction of sp³-hybridized carbons (Fsp3) is 0.378. The van der Waals surface area contributed by atoms with Gasteiger partial charge in [0.05, 0.1) is 5.69 Å². The highest BCUT2D eigenvalue weighted by atomic mass is 16.5. The lowest BCUT2D eigenvalue weighted by atomic mass is 10.1. The molecule has 3 amide bonds. The number of carbonyl (C=O) groups is 3. The quantitative estimate of drug-likeness (QED) is 0.252. The molecule has 2 aromatic carbocycles. The lowest BCUT2D eigenvalue weighted by Crippen LogP contribution is -2.33. The Hall–Kier alpha value is -4.63. The normalized spacial score (nSPS) is 16.5. The minimum Gasteiger partial charge on any atom is -0.482 e. The summed E-state index contributed by atoms with van der Waals surface area (Å²) in [5.74, 6) is -0.00121. The van der Waals surface area contributed by atoms with Gasteiger partial charge in [-0.2, -0.15) is 0 Å². The lowest BCUT2D eigenvalue weighted by molar-refractivity contribution is -0.118. The first-order valence-corrected chi connectivity index (χ1v) is 16.2. The average molecular weight is 626 g/mol. The molecule has 9 heteroatoms. The van der Waals surface area contributed by atoms with E-state index < -0.39 is 0 Å². The molecule has 0 radical (unpaired) electrons. The van der Waals surface area contributed by atoms with Crippen molar-refractivity contribution < 1.29 is 19.1 Å². The van der Waals surface area contributed by atoms with Crippen LogP contribution >= 0.6 is 0 Å². The molecule has 0 atom stereocenters. The molecular formula is C37H47N5O4. The number of amides is 3. The second-order valence-corrected chi connectivity index (χ2v) is 11.8. The fourth-order valence-corrected chi connectivity index (χ4v) is 5.25. The van der Waals surface area contributed by atoms with Crippen molar-refractivity contribution in [1.82, 2.24) is 15.1 Å². The van der Waals surface area contributed by atoms with Crippen molar-refractivity contribution in [2.24, 2.45) is 5.73 Å². The third-order valence-corrected chi connectivity index (χ3v) is 8.11. The molecule has 0 bridgehead atoms. The van der Waals surface area contributed by atoms with Gasteiger partial charge in [-0.25, -0.2) is 0 Å². The van der Waals surface area contributed by atoms with Gasteiger partial charge in [-0.15, -0.1) is 0 Å². The molecule has 3 aliphatic rings. The number of rotatable bonds is 12. The number of nitrogens with zero attached hydrogens (tertiary/aromatic N) is 2. The van der Waals surface area contributed by atoms with Crippen molar-refractivity contribution in [2.45, 2.75) is 65.0 Å². The summed E-state index contributed by atoms with van der Waals surface area (Å²) in [5, 5.41) is 5.72. The summed E-state index contributed by atoms with van der Waals surface area (Å²) in [4.78, 5) is 41.8. The minimum absolute atomic E-state index is 0.0624. The lowest BCUT2D eigenvalue weighted by Gasteiger charge is -2.24. The second kappa shape index (κ2) is 16.6. The zero-order valence-corrected chi connectivity index (χ0v) is 27.1. The highest BCUT2D eigenvalue weighted by Crippen LogP contribution is 2.33. The molecule has 0 aromatic heterocycles. The van der Waals surface area contributed by atoms with Gasteiger partial charge in [-0.3, -0.25) is 14.4 Å². The van der Waals surface area contributed by atoms with Crippen LogP contribution in [-0.4, -0.2) is 59.8 Å². The van der Waals surface area contributed by atoms with Crippen LogP contribution in [-0.2, 0) is 11.3 Å². The molecule has 4 N–H and O–H groups in total. The SMILES string of the molecule is C=CN1CC(=C)/C(=C\C(=C/C)NC(=O)c2ccc(CN(C(=O)c3ccc4c(c3)OCC(=O)N4)C3CC3)cc2)C1.CCCCCCN. The van der Waals surface area contributed by atoms with Gasteiger partial charge in [-0.05, 0) is 92.0 Å². The molecule has 1 saturated heterocycles. The van der Waals surface area contributed by atoms with Gasteiger partial charge in [-0.1, -0.05) is 57.6 Å². The summed E-state index contributed by atoms with van der Waals surface area (Å²) in [6.45, 7) is 14.7. The van der Waals surface area contributed by atoms with Gasteiger partial charge in [0.2, 0.25) is 0 Å². The average Bonchev–Trinajstić information content (AvgIpc) is 3.85. The molecule has 2 aromatic rings. The molecule has 2 fully saturated rings. The number of hydrogen-bond acceptors (Lipinski definition) is 6. The Kier molecular flexibility index (Phi) is 12.4. The van der Waals surface area contributed by atoms with E-state index in [0.717, 1.165) is 49.2 Å². The number of likely N-dealkylation sites (tertiary alicyclic amines) is 1. The molecule has 2 heterocycles. The van der Waals surface area contributed by atoms with Crippen LogP contribution < -0.4 is 21.1 Å². The maximum absolute atomic E-state index is 13.4. The van der Waals surface area contributed by atoms with Crippen LogP contribution in [0.1, 0.15) is 78.7 Å². The van der Waals surface area contributed by atoms with E-state index in [1.165, 1.54) is 25.7 Å². The number of unbranched alkanes of at least 4 members (excludes halogenated alkanes) is 3. The Balaban J connectivity index is 0.000000617. The molecule has 244 valence electrons. The number of nitrogens with two attached hydrogens (primary N) is 1. The molecule has 1 aliphatic carbocycles. The number of carbonyl (C=O) groups excluding carboxylic acids is 3. The number of nitrogens with one attached hydrogen (secondary N) is 2. The highest BCUT2D eigenvalue weighted by molar-refractivity contribution is 5.99. The molecule has 1 saturated carbocycles.